The maximum Gasteiger partial charge on any atom is 0.265 e. The summed E-state index contributed by atoms with van der Waals surface area (Å²) in [7, 11) is 0. The minimum Gasteiger partial charge on any atom is -0.368 e. The Hall–Kier alpha value is -1.59. The average Bonchev–Trinajstić information content (AvgIpc) is 2.94. The molecule has 1 aromatic heterocycles. The molecule has 1 aliphatic rings. The number of aryl methyl sites for hydroxylation is 1. The fraction of sp³-hybridized carbons (Fsp3) is 0.474. The highest BCUT2D eigenvalue weighted by Crippen LogP contribution is 2.24. The molecule has 1 aromatic carbocycles. The van der Waals surface area contributed by atoms with Crippen molar-refractivity contribution in [2.24, 2.45) is 5.92 Å². The van der Waals surface area contributed by atoms with Gasteiger partial charge in [-0.25, -0.2) is 4.98 Å². The fourth-order valence-corrected chi connectivity index (χ4v) is 4.50. The van der Waals surface area contributed by atoms with Gasteiger partial charge in [-0.2, -0.15) is 0 Å². The molecule has 1 aliphatic heterocycles. The molecule has 0 N–H and O–H groups in total. The van der Waals surface area contributed by atoms with Crippen molar-refractivity contribution in [3.63, 3.8) is 0 Å². The Morgan fingerprint density at radius 1 is 1.28 bits per heavy atom. The van der Waals surface area contributed by atoms with E-state index in [1.165, 1.54) is 0 Å². The van der Waals surface area contributed by atoms with Crippen LogP contribution < -0.4 is 4.90 Å². The number of aromatic nitrogens is 1. The van der Waals surface area contributed by atoms with Gasteiger partial charge in [0.25, 0.3) is 5.91 Å². The van der Waals surface area contributed by atoms with Crippen LogP contribution in [0, 0.1) is 12.8 Å². The zero-order valence-corrected chi connectivity index (χ0v) is 16.5. The smallest absolute Gasteiger partial charge is 0.265 e. The second-order valence-electron chi connectivity index (χ2n) is 6.88. The summed E-state index contributed by atoms with van der Waals surface area (Å²) >= 11 is 7.64. The van der Waals surface area contributed by atoms with Crippen molar-refractivity contribution in [1.29, 1.82) is 0 Å². The van der Waals surface area contributed by atoms with E-state index < -0.39 is 0 Å². The van der Waals surface area contributed by atoms with Crippen molar-refractivity contribution in [3.8, 4) is 0 Å². The zero-order valence-electron chi connectivity index (χ0n) is 15.0. The van der Waals surface area contributed by atoms with Crippen molar-refractivity contribution in [1.82, 2.24) is 9.88 Å². The van der Waals surface area contributed by atoms with Crippen molar-refractivity contribution in [3.05, 3.63) is 44.9 Å². The molecule has 1 amide bonds. The van der Waals surface area contributed by atoms with Gasteiger partial charge in [-0.1, -0.05) is 31.5 Å². The van der Waals surface area contributed by atoms with Crippen molar-refractivity contribution < 1.29 is 4.79 Å². The lowest BCUT2D eigenvalue weighted by Gasteiger charge is -2.36. The number of amides is 1. The molecule has 3 rings (SSSR count). The van der Waals surface area contributed by atoms with Gasteiger partial charge in [-0.15, -0.1) is 11.3 Å². The fourth-order valence-electron chi connectivity index (χ4n) is 3.07. The molecular formula is C19H24ClN3OS. The summed E-state index contributed by atoms with van der Waals surface area (Å²) in [4.78, 5) is 22.5. The molecule has 6 heteroatoms. The van der Waals surface area contributed by atoms with E-state index in [-0.39, 0.29) is 5.91 Å². The van der Waals surface area contributed by atoms with E-state index in [4.69, 9.17) is 11.6 Å². The second-order valence-corrected chi connectivity index (χ2v) is 8.40. The predicted octanol–water partition coefficient (Wildman–Crippen LogP) is 4.27. The van der Waals surface area contributed by atoms with Crippen LogP contribution in [0.5, 0.6) is 0 Å². The molecule has 0 spiro atoms. The number of hydrogen-bond acceptors (Lipinski definition) is 4. The number of benzene rings is 1. The lowest BCUT2D eigenvalue weighted by Crippen LogP contribution is -2.48. The quantitative estimate of drug-likeness (QED) is 0.798. The average molecular weight is 378 g/mol. The van der Waals surface area contributed by atoms with Gasteiger partial charge in [0.2, 0.25) is 0 Å². The van der Waals surface area contributed by atoms with Gasteiger partial charge in [-0.05, 0) is 31.0 Å². The Morgan fingerprint density at radius 2 is 2.00 bits per heavy atom. The van der Waals surface area contributed by atoms with E-state index in [0.717, 1.165) is 58.9 Å². The van der Waals surface area contributed by atoms with Gasteiger partial charge in [0.15, 0.2) is 0 Å². The molecular weight excluding hydrogens is 354 g/mol. The first-order valence-corrected chi connectivity index (χ1v) is 9.89. The van der Waals surface area contributed by atoms with Gasteiger partial charge >= 0.3 is 0 Å². The van der Waals surface area contributed by atoms with Gasteiger partial charge in [0, 0.05) is 43.3 Å². The molecule has 25 heavy (non-hydrogen) atoms. The van der Waals surface area contributed by atoms with E-state index >= 15 is 0 Å². The van der Waals surface area contributed by atoms with E-state index in [0.29, 0.717) is 5.92 Å². The molecule has 0 saturated carbocycles. The lowest BCUT2D eigenvalue weighted by molar-refractivity contribution is 0.0750. The Morgan fingerprint density at radius 3 is 2.64 bits per heavy atom. The lowest BCUT2D eigenvalue weighted by atomic mass is 10.1. The SMILES string of the molecule is Cc1nc(CC(C)C)sc1C(=O)N1CCN(c2cccc(Cl)c2)CC1. The molecule has 1 saturated heterocycles. The van der Waals surface area contributed by atoms with Crippen LogP contribution in [0.15, 0.2) is 24.3 Å². The topological polar surface area (TPSA) is 36.4 Å². The number of hydrogen-bond donors (Lipinski definition) is 0. The highest BCUT2D eigenvalue weighted by molar-refractivity contribution is 7.13. The Balaban J connectivity index is 1.64. The summed E-state index contributed by atoms with van der Waals surface area (Å²) in [6.45, 7) is 9.38. The normalized spacial score (nSPS) is 15.1. The minimum atomic E-state index is 0.121. The van der Waals surface area contributed by atoms with Crippen LogP contribution in [0.1, 0.15) is 34.2 Å². The number of carbonyl (C=O) groups excluding carboxylic acids is 1. The monoisotopic (exact) mass is 377 g/mol. The molecule has 0 atom stereocenters. The predicted molar refractivity (Wildman–Crippen MR) is 105 cm³/mol. The van der Waals surface area contributed by atoms with E-state index in [1.807, 2.05) is 30.0 Å². The highest BCUT2D eigenvalue weighted by atomic mass is 35.5. The number of anilines is 1. The molecule has 0 unspecified atom stereocenters. The molecule has 1 fully saturated rings. The molecule has 0 bridgehead atoms. The number of carbonyl (C=O) groups is 1. The van der Waals surface area contributed by atoms with Crippen LogP contribution in [-0.2, 0) is 6.42 Å². The Labute approximate surface area is 158 Å². The number of piperazine rings is 1. The number of nitrogens with zero attached hydrogens (tertiary/aromatic N) is 3. The van der Waals surface area contributed by atoms with E-state index in [1.54, 1.807) is 11.3 Å². The summed E-state index contributed by atoms with van der Waals surface area (Å²) < 4.78 is 0. The summed E-state index contributed by atoms with van der Waals surface area (Å²) in [5.41, 5.74) is 1.98. The van der Waals surface area contributed by atoms with Gasteiger partial charge in [0.05, 0.1) is 10.7 Å². The summed E-state index contributed by atoms with van der Waals surface area (Å²) in [6.07, 6.45) is 0.932. The highest BCUT2D eigenvalue weighted by Gasteiger charge is 2.25. The molecule has 2 aromatic rings. The van der Waals surface area contributed by atoms with Gasteiger partial charge in [-0.3, -0.25) is 4.79 Å². The van der Waals surface area contributed by atoms with Gasteiger partial charge in [0.1, 0.15) is 4.88 Å². The number of halogens is 1. The Bertz CT molecular complexity index is 751. The standard InChI is InChI=1S/C19H24ClN3OS/c1-13(2)11-17-21-14(3)18(25-17)19(24)23-9-7-22(8-10-23)16-6-4-5-15(20)12-16/h4-6,12-13H,7-11H2,1-3H3. The molecule has 134 valence electrons. The number of thiazole rings is 1. The van der Waals surface area contributed by atoms with Crippen molar-refractivity contribution in [2.45, 2.75) is 27.2 Å². The summed E-state index contributed by atoms with van der Waals surface area (Å²) in [5.74, 6) is 0.672. The third-order valence-electron chi connectivity index (χ3n) is 4.36. The van der Waals surface area contributed by atoms with Crippen LogP contribution in [0.3, 0.4) is 0 Å². The van der Waals surface area contributed by atoms with E-state index in [9.17, 15) is 4.79 Å². The van der Waals surface area contributed by atoms with Crippen molar-refractivity contribution >= 4 is 34.5 Å². The zero-order chi connectivity index (χ0) is 18.0. The molecule has 0 aliphatic carbocycles. The summed E-state index contributed by atoms with van der Waals surface area (Å²) in [5, 5.41) is 1.81. The Kier molecular flexibility index (Phi) is 5.64. The van der Waals surface area contributed by atoms with Crippen molar-refractivity contribution in [2.75, 3.05) is 31.1 Å². The molecule has 2 heterocycles. The third kappa shape index (κ3) is 4.33. The summed E-state index contributed by atoms with van der Waals surface area (Å²) in [6, 6.07) is 7.89. The van der Waals surface area contributed by atoms with Crippen LogP contribution >= 0.6 is 22.9 Å². The van der Waals surface area contributed by atoms with Crippen LogP contribution in [0.4, 0.5) is 5.69 Å². The first-order chi connectivity index (χ1) is 11.9. The number of rotatable bonds is 4. The van der Waals surface area contributed by atoms with Gasteiger partial charge < -0.3 is 9.80 Å². The first kappa shape index (κ1) is 18.2. The third-order valence-corrected chi connectivity index (χ3v) is 5.76. The van der Waals surface area contributed by atoms with Crippen LogP contribution in [0.2, 0.25) is 5.02 Å². The first-order valence-electron chi connectivity index (χ1n) is 8.70. The minimum absolute atomic E-state index is 0.121. The molecule has 4 nitrogen and oxygen atoms in total. The van der Waals surface area contributed by atoms with Crippen LogP contribution in [-0.4, -0.2) is 42.0 Å². The largest absolute Gasteiger partial charge is 0.368 e. The maximum absolute atomic E-state index is 12.9. The maximum atomic E-state index is 12.9. The second kappa shape index (κ2) is 7.75. The molecule has 0 radical (unpaired) electrons. The van der Waals surface area contributed by atoms with Crippen LogP contribution in [0.25, 0.3) is 0 Å². The van der Waals surface area contributed by atoms with E-state index in [2.05, 4.69) is 29.8 Å².